The van der Waals surface area contributed by atoms with E-state index in [1.165, 1.54) is 12.1 Å². The first-order chi connectivity index (χ1) is 9.77. The lowest BCUT2D eigenvalue weighted by Crippen LogP contribution is -2.12. The van der Waals surface area contributed by atoms with E-state index in [0.29, 0.717) is 5.02 Å². The average Bonchev–Trinajstić information content (AvgIpc) is 2.38. The number of primary sulfonamides is 1. The second kappa shape index (κ2) is 6.36. The standard InChI is InChI=1S/C14H14BrClN2O2S/c1-9(13-7-2-10(15)8-14(13)16)18-11-3-5-12(6-4-11)21(17,19)20/h2-9,18H,1H3,(H2,17,19,20). The minimum atomic E-state index is -3.67. The maximum atomic E-state index is 11.2. The Morgan fingerprint density at radius 1 is 1.19 bits per heavy atom. The third-order valence-electron chi connectivity index (χ3n) is 3.00. The predicted molar refractivity (Wildman–Crippen MR) is 89.0 cm³/mol. The number of hydrogen-bond donors (Lipinski definition) is 2. The van der Waals surface area contributed by atoms with Gasteiger partial charge >= 0.3 is 0 Å². The number of nitrogens with two attached hydrogens (primary N) is 1. The molecule has 1 unspecified atom stereocenters. The van der Waals surface area contributed by atoms with Gasteiger partial charge in [0, 0.05) is 21.2 Å². The van der Waals surface area contributed by atoms with Crippen molar-refractivity contribution in [2.24, 2.45) is 5.14 Å². The van der Waals surface area contributed by atoms with Crippen LogP contribution in [0.2, 0.25) is 5.02 Å². The molecule has 0 bridgehead atoms. The van der Waals surface area contributed by atoms with Crippen molar-refractivity contribution in [3.8, 4) is 0 Å². The number of anilines is 1. The molecule has 0 aliphatic carbocycles. The highest BCUT2D eigenvalue weighted by Gasteiger charge is 2.11. The summed E-state index contributed by atoms with van der Waals surface area (Å²) < 4.78 is 23.3. The van der Waals surface area contributed by atoms with Gasteiger partial charge in [0.15, 0.2) is 0 Å². The minimum Gasteiger partial charge on any atom is -0.378 e. The first kappa shape index (κ1) is 16.3. The number of rotatable bonds is 4. The van der Waals surface area contributed by atoms with E-state index < -0.39 is 10.0 Å². The fraction of sp³-hybridized carbons (Fsp3) is 0.143. The molecule has 0 aliphatic heterocycles. The third-order valence-corrected chi connectivity index (χ3v) is 4.74. The number of sulfonamides is 1. The summed E-state index contributed by atoms with van der Waals surface area (Å²) in [6.07, 6.45) is 0. The summed E-state index contributed by atoms with van der Waals surface area (Å²) in [5.74, 6) is 0. The summed E-state index contributed by atoms with van der Waals surface area (Å²) in [5.41, 5.74) is 1.74. The molecule has 2 rings (SSSR count). The molecule has 7 heteroatoms. The zero-order chi connectivity index (χ0) is 15.6. The fourth-order valence-corrected chi connectivity index (χ4v) is 3.27. The topological polar surface area (TPSA) is 72.2 Å². The van der Waals surface area contributed by atoms with Crippen molar-refractivity contribution in [3.63, 3.8) is 0 Å². The lowest BCUT2D eigenvalue weighted by atomic mass is 10.1. The number of hydrogen-bond acceptors (Lipinski definition) is 3. The second-order valence-corrected chi connectivity index (χ2v) is 7.49. The summed E-state index contributed by atoms with van der Waals surface area (Å²) in [4.78, 5) is 0.0855. The summed E-state index contributed by atoms with van der Waals surface area (Å²) in [6, 6.07) is 11.9. The molecule has 0 spiro atoms. The predicted octanol–water partition coefficient (Wildman–Crippen LogP) is 3.92. The Balaban J connectivity index is 2.18. The molecule has 0 saturated heterocycles. The van der Waals surface area contributed by atoms with E-state index in [1.807, 2.05) is 25.1 Å². The zero-order valence-corrected chi connectivity index (χ0v) is 14.3. The van der Waals surface area contributed by atoms with Crippen LogP contribution in [-0.2, 0) is 10.0 Å². The fourth-order valence-electron chi connectivity index (χ4n) is 1.92. The molecule has 3 N–H and O–H groups in total. The van der Waals surface area contributed by atoms with Crippen molar-refractivity contribution in [3.05, 3.63) is 57.5 Å². The van der Waals surface area contributed by atoms with Crippen LogP contribution in [0.25, 0.3) is 0 Å². The van der Waals surface area contributed by atoms with E-state index in [-0.39, 0.29) is 10.9 Å². The van der Waals surface area contributed by atoms with Gasteiger partial charge in [-0.15, -0.1) is 0 Å². The molecule has 0 saturated carbocycles. The number of nitrogens with one attached hydrogen (secondary N) is 1. The maximum absolute atomic E-state index is 11.2. The average molecular weight is 390 g/mol. The molecule has 0 amide bonds. The largest absolute Gasteiger partial charge is 0.378 e. The number of benzene rings is 2. The molecule has 112 valence electrons. The van der Waals surface area contributed by atoms with Crippen LogP contribution in [0.15, 0.2) is 51.8 Å². The molecular weight excluding hydrogens is 376 g/mol. The summed E-state index contributed by atoms with van der Waals surface area (Å²) in [7, 11) is -3.67. The molecular formula is C14H14BrClN2O2S. The van der Waals surface area contributed by atoms with Crippen molar-refractivity contribution in [2.75, 3.05) is 5.32 Å². The van der Waals surface area contributed by atoms with E-state index in [1.54, 1.807) is 12.1 Å². The van der Waals surface area contributed by atoms with Gasteiger partial charge in [0.2, 0.25) is 10.0 Å². The van der Waals surface area contributed by atoms with E-state index in [2.05, 4.69) is 21.2 Å². The van der Waals surface area contributed by atoms with Crippen LogP contribution in [-0.4, -0.2) is 8.42 Å². The van der Waals surface area contributed by atoms with Gasteiger partial charge in [-0.1, -0.05) is 33.6 Å². The van der Waals surface area contributed by atoms with Gasteiger partial charge in [-0.2, -0.15) is 0 Å². The van der Waals surface area contributed by atoms with Crippen LogP contribution >= 0.6 is 27.5 Å². The van der Waals surface area contributed by atoms with Gasteiger partial charge in [0.1, 0.15) is 0 Å². The van der Waals surface area contributed by atoms with E-state index in [0.717, 1.165) is 15.7 Å². The Labute approximate surface area is 137 Å². The second-order valence-electron chi connectivity index (χ2n) is 4.60. The molecule has 2 aromatic carbocycles. The summed E-state index contributed by atoms with van der Waals surface area (Å²) in [5, 5.41) is 8.98. The van der Waals surface area contributed by atoms with Gasteiger partial charge in [-0.05, 0) is 48.9 Å². The molecule has 0 radical (unpaired) electrons. The van der Waals surface area contributed by atoms with Crippen molar-refractivity contribution in [2.45, 2.75) is 17.9 Å². The Kier molecular flexibility index (Phi) is 4.93. The lowest BCUT2D eigenvalue weighted by Gasteiger charge is -2.17. The highest BCUT2D eigenvalue weighted by atomic mass is 79.9. The quantitative estimate of drug-likeness (QED) is 0.832. The highest BCUT2D eigenvalue weighted by molar-refractivity contribution is 9.10. The highest BCUT2D eigenvalue weighted by Crippen LogP contribution is 2.28. The van der Waals surface area contributed by atoms with Gasteiger partial charge in [0.25, 0.3) is 0 Å². The molecule has 0 aliphatic rings. The van der Waals surface area contributed by atoms with Crippen molar-refractivity contribution >= 4 is 43.2 Å². The van der Waals surface area contributed by atoms with E-state index in [4.69, 9.17) is 16.7 Å². The van der Waals surface area contributed by atoms with Crippen LogP contribution in [0.5, 0.6) is 0 Å². The van der Waals surface area contributed by atoms with Gasteiger partial charge in [-0.25, -0.2) is 13.6 Å². The Hall–Kier alpha value is -1.08. The van der Waals surface area contributed by atoms with Gasteiger partial charge in [-0.3, -0.25) is 0 Å². The van der Waals surface area contributed by atoms with Gasteiger partial charge < -0.3 is 5.32 Å². The van der Waals surface area contributed by atoms with E-state index >= 15 is 0 Å². The molecule has 0 heterocycles. The first-order valence-electron chi connectivity index (χ1n) is 6.12. The Morgan fingerprint density at radius 2 is 1.81 bits per heavy atom. The summed E-state index contributed by atoms with van der Waals surface area (Å²) >= 11 is 9.58. The van der Waals surface area contributed by atoms with Crippen molar-refractivity contribution in [1.29, 1.82) is 0 Å². The third kappa shape index (κ3) is 4.20. The van der Waals surface area contributed by atoms with Gasteiger partial charge in [0.05, 0.1) is 4.90 Å². The van der Waals surface area contributed by atoms with Crippen LogP contribution in [0.4, 0.5) is 5.69 Å². The van der Waals surface area contributed by atoms with Crippen molar-refractivity contribution < 1.29 is 8.42 Å². The zero-order valence-electron chi connectivity index (χ0n) is 11.2. The normalized spacial score (nSPS) is 13.0. The lowest BCUT2D eigenvalue weighted by molar-refractivity contribution is 0.598. The molecule has 21 heavy (non-hydrogen) atoms. The smallest absolute Gasteiger partial charge is 0.238 e. The summed E-state index contributed by atoms with van der Waals surface area (Å²) in [6.45, 7) is 1.97. The maximum Gasteiger partial charge on any atom is 0.238 e. The molecule has 1 atom stereocenters. The molecule has 4 nitrogen and oxygen atoms in total. The van der Waals surface area contributed by atoms with Crippen LogP contribution in [0.1, 0.15) is 18.5 Å². The Morgan fingerprint density at radius 3 is 2.33 bits per heavy atom. The molecule has 0 aromatic heterocycles. The minimum absolute atomic E-state index is 0.0223. The van der Waals surface area contributed by atoms with E-state index in [9.17, 15) is 8.42 Å². The molecule has 2 aromatic rings. The van der Waals surface area contributed by atoms with Crippen molar-refractivity contribution in [1.82, 2.24) is 0 Å². The van der Waals surface area contributed by atoms with Crippen LogP contribution < -0.4 is 10.5 Å². The number of halogens is 2. The monoisotopic (exact) mass is 388 g/mol. The Bertz CT molecular complexity index is 748. The SMILES string of the molecule is CC(Nc1ccc(S(N)(=O)=O)cc1)c1ccc(Br)cc1Cl. The van der Waals surface area contributed by atoms with Crippen LogP contribution in [0.3, 0.4) is 0 Å². The first-order valence-corrected chi connectivity index (χ1v) is 8.83. The molecule has 0 fully saturated rings. The van der Waals surface area contributed by atoms with Crippen LogP contribution in [0, 0.1) is 0 Å².